The van der Waals surface area contributed by atoms with E-state index in [-0.39, 0.29) is 6.42 Å². The molecule has 1 unspecified atom stereocenters. The molecule has 13 heavy (non-hydrogen) atoms. The molecule has 0 heterocycles. The van der Waals surface area contributed by atoms with Crippen molar-refractivity contribution in [1.82, 2.24) is 0 Å². The van der Waals surface area contributed by atoms with Gasteiger partial charge in [0.15, 0.2) is 0 Å². The average molecular weight is 183 g/mol. The molecule has 3 N–H and O–H groups in total. The molecule has 0 aromatic carbocycles. The van der Waals surface area contributed by atoms with E-state index >= 15 is 0 Å². The summed E-state index contributed by atoms with van der Waals surface area (Å²) in [5, 5.41) is 8.74. The lowest BCUT2D eigenvalue weighted by Crippen LogP contribution is -2.46. The van der Waals surface area contributed by atoms with Crippen LogP contribution in [-0.2, 0) is 4.79 Å². The fourth-order valence-corrected chi connectivity index (χ4v) is 2.79. The molecule has 1 spiro atoms. The van der Waals surface area contributed by atoms with Crippen molar-refractivity contribution in [2.75, 3.05) is 0 Å². The van der Waals surface area contributed by atoms with Gasteiger partial charge in [-0.05, 0) is 37.5 Å². The number of nitrogens with two attached hydrogens (primary N) is 1. The Hall–Kier alpha value is -0.570. The van der Waals surface area contributed by atoms with Gasteiger partial charge in [-0.3, -0.25) is 4.79 Å². The molecule has 0 saturated heterocycles. The van der Waals surface area contributed by atoms with E-state index in [1.54, 1.807) is 0 Å². The fourth-order valence-electron chi connectivity index (χ4n) is 2.79. The first-order valence-electron chi connectivity index (χ1n) is 5.04. The molecule has 0 bridgehead atoms. The molecule has 0 aromatic rings. The lowest BCUT2D eigenvalue weighted by atomic mass is 9.72. The standard InChI is InChI=1S/C10H17NO2/c11-10(6-8(12)13)3-1-2-9(7-10)4-5-9/h1-7,11H2,(H,12,13). The minimum Gasteiger partial charge on any atom is -0.481 e. The van der Waals surface area contributed by atoms with Crippen LogP contribution in [0.1, 0.15) is 44.9 Å². The van der Waals surface area contributed by atoms with Gasteiger partial charge in [0.05, 0.1) is 6.42 Å². The summed E-state index contributed by atoms with van der Waals surface area (Å²) in [7, 11) is 0. The molecule has 3 nitrogen and oxygen atoms in total. The second-order valence-electron chi connectivity index (χ2n) is 4.96. The van der Waals surface area contributed by atoms with Crippen LogP contribution in [0.2, 0.25) is 0 Å². The summed E-state index contributed by atoms with van der Waals surface area (Å²) in [6, 6.07) is 0. The highest BCUT2D eigenvalue weighted by Crippen LogP contribution is 2.58. The van der Waals surface area contributed by atoms with E-state index in [0.717, 1.165) is 19.3 Å². The summed E-state index contributed by atoms with van der Waals surface area (Å²) >= 11 is 0. The Labute approximate surface area is 78.3 Å². The van der Waals surface area contributed by atoms with Crippen LogP contribution in [0.5, 0.6) is 0 Å². The largest absolute Gasteiger partial charge is 0.481 e. The first kappa shape index (κ1) is 9.00. The molecule has 2 aliphatic carbocycles. The molecule has 2 rings (SSSR count). The molecule has 0 radical (unpaired) electrons. The first-order chi connectivity index (χ1) is 6.04. The summed E-state index contributed by atoms with van der Waals surface area (Å²) in [4.78, 5) is 10.6. The average Bonchev–Trinajstić information content (AvgIpc) is 2.65. The second-order valence-corrected chi connectivity index (χ2v) is 4.96. The van der Waals surface area contributed by atoms with Crippen LogP contribution in [0.3, 0.4) is 0 Å². The molecule has 0 aliphatic heterocycles. The topological polar surface area (TPSA) is 63.3 Å². The van der Waals surface area contributed by atoms with E-state index in [1.165, 1.54) is 19.3 Å². The summed E-state index contributed by atoms with van der Waals surface area (Å²) in [6.07, 6.45) is 6.90. The number of hydrogen-bond acceptors (Lipinski definition) is 2. The molecule has 1 atom stereocenters. The Bertz CT molecular complexity index is 235. The summed E-state index contributed by atoms with van der Waals surface area (Å²) in [5.41, 5.74) is 6.15. The number of aliphatic carboxylic acids is 1. The maximum Gasteiger partial charge on any atom is 0.305 e. The van der Waals surface area contributed by atoms with Crippen molar-refractivity contribution >= 4 is 5.97 Å². The van der Waals surface area contributed by atoms with E-state index in [4.69, 9.17) is 10.8 Å². The highest BCUT2D eigenvalue weighted by molar-refractivity contribution is 5.68. The number of hydrogen-bond donors (Lipinski definition) is 2. The van der Waals surface area contributed by atoms with Crippen molar-refractivity contribution in [2.45, 2.75) is 50.5 Å². The zero-order chi connectivity index (χ0) is 9.53. The van der Waals surface area contributed by atoms with E-state index in [0.29, 0.717) is 5.41 Å². The predicted octanol–water partition coefficient (Wildman–Crippen LogP) is 1.51. The van der Waals surface area contributed by atoms with Crippen molar-refractivity contribution in [3.05, 3.63) is 0 Å². The monoisotopic (exact) mass is 183 g/mol. The van der Waals surface area contributed by atoms with Gasteiger partial charge in [0.1, 0.15) is 0 Å². The Kier molecular flexibility index (Phi) is 1.88. The molecular weight excluding hydrogens is 166 g/mol. The van der Waals surface area contributed by atoms with E-state index in [1.807, 2.05) is 0 Å². The first-order valence-corrected chi connectivity index (χ1v) is 5.04. The van der Waals surface area contributed by atoms with Crippen LogP contribution in [0, 0.1) is 5.41 Å². The quantitative estimate of drug-likeness (QED) is 0.682. The lowest BCUT2D eigenvalue weighted by molar-refractivity contribution is -0.138. The lowest BCUT2D eigenvalue weighted by Gasteiger charge is -2.37. The van der Waals surface area contributed by atoms with Crippen molar-refractivity contribution < 1.29 is 9.90 Å². The SMILES string of the molecule is NC1(CC(=O)O)CCCC2(CC2)C1. The normalized spacial score (nSPS) is 36.1. The molecule has 0 amide bonds. The van der Waals surface area contributed by atoms with E-state index in [9.17, 15) is 4.79 Å². The van der Waals surface area contributed by atoms with Gasteiger partial charge < -0.3 is 10.8 Å². The van der Waals surface area contributed by atoms with Crippen LogP contribution in [0.25, 0.3) is 0 Å². The van der Waals surface area contributed by atoms with Crippen LogP contribution in [0.4, 0.5) is 0 Å². The second kappa shape index (κ2) is 2.71. The third-order valence-corrected chi connectivity index (χ3v) is 3.57. The van der Waals surface area contributed by atoms with Crippen LogP contribution >= 0.6 is 0 Å². The van der Waals surface area contributed by atoms with Crippen molar-refractivity contribution in [3.63, 3.8) is 0 Å². The zero-order valence-electron chi connectivity index (χ0n) is 7.88. The molecule has 2 fully saturated rings. The molecule has 0 aromatic heterocycles. The number of carboxylic acids is 1. The Morgan fingerprint density at radius 3 is 2.54 bits per heavy atom. The Morgan fingerprint density at radius 2 is 2.00 bits per heavy atom. The van der Waals surface area contributed by atoms with Crippen molar-refractivity contribution in [1.29, 1.82) is 0 Å². The maximum absolute atomic E-state index is 10.6. The fraction of sp³-hybridized carbons (Fsp3) is 0.900. The maximum atomic E-state index is 10.6. The van der Waals surface area contributed by atoms with Crippen LogP contribution in [-0.4, -0.2) is 16.6 Å². The Balaban J connectivity index is 2.00. The molecule has 3 heteroatoms. The smallest absolute Gasteiger partial charge is 0.305 e. The highest BCUT2D eigenvalue weighted by atomic mass is 16.4. The van der Waals surface area contributed by atoms with Gasteiger partial charge in [0, 0.05) is 5.54 Å². The van der Waals surface area contributed by atoms with Gasteiger partial charge in [-0.2, -0.15) is 0 Å². The van der Waals surface area contributed by atoms with Crippen LogP contribution in [0.15, 0.2) is 0 Å². The van der Waals surface area contributed by atoms with Gasteiger partial charge in [-0.1, -0.05) is 6.42 Å². The van der Waals surface area contributed by atoms with Gasteiger partial charge in [-0.15, -0.1) is 0 Å². The predicted molar refractivity (Wildman–Crippen MR) is 49.3 cm³/mol. The van der Waals surface area contributed by atoms with E-state index in [2.05, 4.69) is 0 Å². The third kappa shape index (κ3) is 1.85. The molecule has 2 saturated carbocycles. The van der Waals surface area contributed by atoms with Gasteiger partial charge in [0.2, 0.25) is 0 Å². The molecule has 2 aliphatic rings. The summed E-state index contributed by atoms with van der Waals surface area (Å²) in [5.74, 6) is -0.750. The molecule has 74 valence electrons. The van der Waals surface area contributed by atoms with E-state index < -0.39 is 11.5 Å². The van der Waals surface area contributed by atoms with Gasteiger partial charge in [0.25, 0.3) is 0 Å². The summed E-state index contributed by atoms with van der Waals surface area (Å²) < 4.78 is 0. The van der Waals surface area contributed by atoms with Crippen molar-refractivity contribution in [2.24, 2.45) is 11.1 Å². The highest BCUT2D eigenvalue weighted by Gasteiger charge is 2.50. The number of rotatable bonds is 2. The van der Waals surface area contributed by atoms with Crippen molar-refractivity contribution in [3.8, 4) is 0 Å². The molecular formula is C10H17NO2. The Morgan fingerprint density at radius 1 is 1.31 bits per heavy atom. The zero-order valence-corrected chi connectivity index (χ0v) is 7.88. The minimum absolute atomic E-state index is 0.148. The minimum atomic E-state index is -0.750. The van der Waals surface area contributed by atoms with Gasteiger partial charge >= 0.3 is 5.97 Å². The van der Waals surface area contributed by atoms with Gasteiger partial charge in [-0.25, -0.2) is 0 Å². The number of carboxylic acid groups (broad SMARTS) is 1. The number of carbonyl (C=O) groups is 1. The summed E-state index contributed by atoms with van der Waals surface area (Å²) in [6.45, 7) is 0. The van der Waals surface area contributed by atoms with Crippen LogP contribution < -0.4 is 5.73 Å². The third-order valence-electron chi connectivity index (χ3n) is 3.57.